The van der Waals surface area contributed by atoms with E-state index in [2.05, 4.69) is 20.8 Å². The maximum atomic E-state index is 12.8. The molecule has 1 aliphatic rings. The number of carbonyl (C=O) groups excluding carboxylic acids is 2. The zero-order valence-corrected chi connectivity index (χ0v) is 19.5. The molecule has 9 heteroatoms. The largest absolute Gasteiger partial charge is 0.324 e. The zero-order chi connectivity index (χ0) is 22.7. The molecule has 0 aliphatic carbocycles. The number of hydrogen-bond donors (Lipinski definition) is 2. The first-order chi connectivity index (χ1) is 15.4. The second-order valence-corrected chi connectivity index (χ2v) is 9.39. The van der Waals surface area contributed by atoms with Crippen molar-refractivity contribution in [3.63, 3.8) is 0 Å². The van der Waals surface area contributed by atoms with Crippen molar-refractivity contribution in [2.45, 2.75) is 32.6 Å². The van der Waals surface area contributed by atoms with Crippen molar-refractivity contribution in [2.75, 3.05) is 23.7 Å². The molecule has 2 heterocycles. The van der Waals surface area contributed by atoms with Gasteiger partial charge in [-0.2, -0.15) is 0 Å². The van der Waals surface area contributed by atoms with Gasteiger partial charge in [0.15, 0.2) is 0 Å². The predicted molar refractivity (Wildman–Crippen MR) is 128 cm³/mol. The van der Waals surface area contributed by atoms with Gasteiger partial charge in [-0.15, -0.1) is 10.2 Å². The van der Waals surface area contributed by atoms with Crippen LogP contribution in [0.25, 0.3) is 0 Å². The minimum absolute atomic E-state index is 0.0494. The molecule has 166 valence electrons. The number of anilines is 2. The van der Waals surface area contributed by atoms with Crippen LogP contribution in [0.4, 0.5) is 16.2 Å². The number of aromatic nitrogens is 2. The number of aryl methyl sites for hydroxylation is 2. The van der Waals surface area contributed by atoms with Gasteiger partial charge in [-0.1, -0.05) is 46.7 Å². The van der Waals surface area contributed by atoms with Gasteiger partial charge in [0.25, 0.3) is 5.91 Å². The van der Waals surface area contributed by atoms with Crippen LogP contribution in [0.3, 0.4) is 0 Å². The highest BCUT2D eigenvalue weighted by atomic mass is 35.5. The molecule has 4 rings (SSSR count). The van der Waals surface area contributed by atoms with Crippen LogP contribution in [-0.4, -0.2) is 40.1 Å². The van der Waals surface area contributed by atoms with E-state index in [4.69, 9.17) is 11.6 Å². The summed E-state index contributed by atoms with van der Waals surface area (Å²) < 4.78 is 0. The third-order valence-electron chi connectivity index (χ3n) is 5.44. The van der Waals surface area contributed by atoms with Crippen LogP contribution in [0.5, 0.6) is 0 Å². The van der Waals surface area contributed by atoms with Crippen molar-refractivity contribution >= 4 is 46.3 Å². The summed E-state index contributed by atoms with van der Waals surface area (Å²) in [7, 11) is 0. The summed E-state index contributed by atoms with van der Waals surface area (Å²) in [6.07, 6.45) is 1.76. The SMILES string of the molecule is Cc1ccc(NC(=O)c2nnc([C@H]3CCCN(C(=O)Nc4cc(Cl)ccc4C)C3)s2)cc1. The molecule has 2 N–H and O–H groups in total. The van der Waals surface area contributed by atoms with E-state index in [1.165, 1.54) is 11.3 Å². The highest BCUT2D eigenvalue weighted by molar-refractivity contribution is 7.13. The maximum Gasteiger partial charge on any atom is 0.321 e. The number of nitrogens with one attached hydrogen (secondary N) is 2. The number of likely N-dealkylation sites (tertiary alicyclic amines) is 1. The number of carbonyl (C=O) groups is 2. The average molecular weight is 470 g/mol. The lowest BCUT2D eigenvalue weighted by Crippen LogP contribution is -2.41. The van der Waals surface area contributed by atoms with Gasteiger partial charge in [0, 0.05) is 35.4 Å². The Morgan fingerprint density at radius 1 is 1.09 bits per heavy atom. The van der Waals surface area contributed by atoms with Gasteiger partial charge in [-0.3, -0.25) is 4.79 Å². The lowest BCUT2D eigenvalue weighted by Gasteiger charge is -2.31. The molecule has 2 aromatic carbocycles. The first-order valence-corrected chi connectivity index (χ1v) is 11.6. The summed E-state index contributed by atoms with van der Waals surface area (Å²) in [6.45, 7) is 5.11. The monoisotopic (exact) mass is 469 g/mol. The molecule has 7 nitrogen and oxygen atoms in total. The first-order valence-electron chi connectivity index (χ1n) is 10.4. The van der Waals surface area contributed by atoms with Gasteiger partial charge in [-0.25, -0.2) is 4.79 Å². The van der Waals surface area contributed by atoms with E-state index < -0.39 is 0 Å². The first kappa shape index (κ1) is 22.2. The lowest BCUT2D eigenvalue weighted by molar-refractivity contribution is 0.102. The second-order valence-electron chi connectivity index (χ2n) is 7.94. The normalized spacial score (nSPS) is 16.0. The molecule has 0 unspecified atom stereocenters. The number of nitrogens with zero attached hydrogens (tertiary/aromatic N) is 3. The average Bonchev–Trinajstić information content (AvgIpc) is 3.28. The van der Waals surface area contributed by atoms with E-state index in [-0.39, 0.29) is 17.9 Å². The Bertz CT molecular complexity index is 1130. The van der Waals surface area contributed by atoms with E-state index in [0.717, 1.165) is 29.0 Å². The van der Waals surface area contributed by atoms with Crippen LogP contribution in [0.2, 0.25) is 5.02 Å². The Hall–Kier alpha value is -2.97. The van der Waals surface area contributed by atoms with Crippen molar-refractivity contribution in [2.24, 2.45) is 0 Å². The summed E-state index contributed by atoms with van der Waals surface area (Å²) in [5.74, 6) is -0.229. The summed E-state index contributed by atoms with van der Waals surface area (Å²) in [6, 6.07) is 12.8. The minimum atomic E-state index is -0.278. The smallest absolute Gasteiger partial charge is 0.321 e. The van der Waals surface area contributed by atoms with Gasteiger partial charge >= 0.3 is 6.03 Å². The lowest BCUT2D eigenvalue weighted by atomic mass is 9.99. The second kappa shape index (κ2) is 9.67. The molecule has 32 heavy (non-hydrogen) atoms. The standard InChI is InChI=1S/C23H24ClN5O2S/c1-14-5-9-18(10-6-14)25-20(30)22-28-27-21(32-22)16-4-3-11-29(13-16)23(31)26-19-12-17(24)8-7-15(19)2/h5-10,12,16H,3-4,11,13H2,1-2H3,(H,25,30)(H,26,31)/t16-/m0/s1. The Morgan fingerprint density at radius 3 is 2.66 bits per heavy atom. The number of urea groups is 1. The summed E-state index contributed by atoms with van der Waals surface area (Å²) in [5.41, 5.74) is 3.49. The zero-order valence-electron chi connectivity index (χ0n) is 17.9. The predicted octanol–water partition coefficient (Wildman–Crippen LogP) is 5.47. The number of halogens is 1. The Balaban J connectivity index is 1.39. The fourth-order valence-corrected chi connectivity index (χ4v) is 4.64. The Labute approximate surface area is 195 Å². The maximum absolute atomic E-state index is 12.8. The highest BCUT2D eigenvalue weighted by Crippen LogP contribution is 2.30. The van der Waals surface area contributed by atoms with Crippen LogP contribution in [0.1, 0.15) is 44.7 Å². The van der Waals surface area contributed by atoms with Gasteiger partial charge in [0.2, 0.25) is 5.01 Å². The highest BCUT2D eigenvalue weighted by Gasteiger charge is 2.28. The van der Waals surface area contributed by atoms with Crippen LogP contribution in [0.15, 0.2) is 42.5 Å². The van der Waals surface area contributed by atoms with Gasteiger partial charge in [-0.05, 0) is 56.5 Å². The van der Waals surface area contributed by atoms with Crippen molar-refractivity contribution in [3.8, 4) is 0 Å². The Kier molecular flexibility index (Phi) is 6.72. The van der Waals surface area contributed by atoms with Crippen molar-refractivity contribution in [3.05, 3.63) is 68.6 Å². The van der Waals surface area contributed by atoms with E-state index in [9.17, 15) is 9.59 Å². The van der Waals surface area contributed by atoms with Gasteiger partial charge in [0.05, 0.1) is 0 Å². The van der Waals surface area contributed by atoms with Crippen LogP contribution >= 0.6 is 22.9 Å². The Morgan fingerprint density at radius 2 is 1.88 bits per heavy atom. The number of hydrogen-bond acceptors (Lipinski definition) is 5. The van der Waals surface area contributed by atoms with Crippen molar-refractivity contribution in [1.82, 2.24) is 15.1 Å². The number of amides is 3. The molecule has 1 aromatic heterocycles. The topological polar surface area (TPSA) is 87.2 Å². The quantitative estimate of drug-likeness (QED) is 0.530. The third kappa shape index (κ3) is 5.26. The van der Waals surface area contributed by atoms with E-state index >= 15 is 0 Å². The number of piperidine rings is 1. The van der Waals surface area contributed by atoms with Gasteiger partial charge in [0.1, 0.15) is 5.01 Å². The molecule has 0 spiro atoms. The molecule has 0 bridgehead atoms. The fraction of sp³-hybridized carbons (Fsp3) is 0.304. The summed E-state index contributed by atoms with van der Waals surface area (Å²) in [4.78, 5) is 27.1. The van der Waals surface area contributed by atoms with E-state index in [1.54, 1.807) is 17.0 Å². The summed E-state index contributed by atoms with van der Waals surface area (Å²) in [5, 5.41) is 15.8. The van der Waals surface area contributed by atoms with Crippen molar-refractivity contribution < 1.29 is 9.59 Å². The van der Waals surface area contributed by atoms with E-state index in [0.29, 0.717) is 34.5 Å². The molecule has 0 radical (unpaired) electrons. The molecule has 3 aromatic rings. The molecular formula is C23H24ClN5O2S. The molecule has 1 saturated heterocycles. The summed E-state index contributed by atoms with van der Waals surface area (Å²) >= 11 is 7.35. The van der Waals surface area contributed by atoms with Crippen molar-refractivity contribution in [1.29, 1.82) is 0 Å². The minimum Gasteiger partial charge on any atom is -0.324 e. The van der Waals surface area contributed by atoms with Crippen LogP contribution in [-0.2, 0) is 0 Å². The van der Waals surface area contributed by atoms with E-state index in [1.807, 2.05) is 44.2 Å². The molecular weight excluding hydrogens is 446 g/mol. The molecule has 1 atom stereocenters. The van der Waals surface area contributed by atoms with Crippen LogP contribution < -0.4 is 10.6 Å². The molecule has 3 amide bonds. The number of rotatable bonds is 4. The third-order valence-corrected chi connectivity index (χ3v) is 6.76. The van der Waals surface area contributed by atoms with Crippen LogP contribution in [0, 0.1) is 13.8 Å². The molecule has 1 fully saturated rings. The molecule has 0 saturated carbocycles. The van der Waals surface area contributed by atoms with Gasteiger partial charge < -0.3 is 15.5 Å². The molecule has 1 aliphatic heterocycles. The number of benzene rings is 2. The fourth-order valence-electron chi connectivity index (χ4n) is 3.60.